The Kier molecular flexibility index (Phi) is 3.97. The van der Waals surface area contributed by atoms with Crippen LogP contribution in [0.4, 0.5) is 0 Å². The van der Waals surface area contributed by atoms with Gasteiger partial charge >= 0.3 is 0 Å². The molecule has 0 radical (unpaired) electrons. The molecule has 3 aromatic rings. The van der Waals surface area contributed by atoms with Gasteiger partial charge in [-0.25, -0.2) is 12.4 Å². The van der Waals surface area contributed by atoms with Crippen LogP contribution >= 0.6 is 15.9 Å². The Morgan fingerprint density at radius 1 is 1.14 bits per heavy atom. The number of ether oxygens (including phenoxy) is 1. The molecule has 0 unspecified atom stereocenters. The van der Waals surface area contributed by atoms with Crippen molar-refractivity contribution in [3.05, 3.63) is 64.8 Å². The normalized spacial score (nSPS) is 11.7. The molecule has 0 fully saturated rings. The van der Waals surface area contributed by atoms with E-state index in [4.69, 9.17) is 4.74 Å². The summed E-state index contributed by atoms with van der Waals surface area (Å²) in [4.78, 5) is 0. The van der Waals surface area contributed by atoms with Crippen LogP contribution in [0.5, 0.6) is 5.75 Å². The highest BCUT2D eigenvalue weighted by atomic mass is 79.9. The van der Waals surface area contributed by atoms with Crippen molar-refractivity contribution < 1.29 is 13.2 Å². The summed E-state index contributed by atoms with van der Waals surface area (Å²) in [6, 6.07) is 15.2. The van der Waals surface area contributed by atoms with E-state index < -0.39 is 10.0 Å². The third-order valence-corrected chi connectivity index (χ3v) is 4.96. The summed E-state index contributed by atoms with van der Waals surface area (Å²) in [5.74, 6) is 0.611. The first kappa shape index (κ1) is 15.1. The van der Waals surface area contributed by atoms with Gasteiger partial charge in [-0.1, -0.05) is 30.3 Å². The monoisotopic (exact) mass is 379 g/mol. The van der Waals surface area contributed by atoms with E-state index in [1.165, 1.54) is 10.2 Å². The zero-order valence-corrected chi connectivity index (χ0v) is 14.3. The van der Waals surface area contributed by atoms with Gasteiger partial charge in [0.2, 0.25) is 10.0 Å². The highest BCUT2D eigenvalue weighted by molar-refractivity contribution is 9.10. The molecule has 0 aliphatic heterocycles. The van der Waals surface area contributed by atoms with Crippen LogP contribution in [0.2, 0.25) is 0 Å². The fourth-order valence-corrected chi connectivity index (χ4v) is 3.52. The molecule has 114 valence electrons. The molecule has 1 aromatic heterocycles. The van der Waals surface area contributed by atoms with Crippen molar-refractivity contribution >= 4 is 36.9 Å². The van der Waals surface area contributed by atoms with E-state index in [1.807, 2.05) is 36.4 Å². The molecule has 0 saturated carbocycles. The summed E-state index contributed by atoms with van der Waals surface area (Å²) >= 11 is 3.47. The lowest BCUT2D eigenvalue weighted by Crippen LogP contribution is -2.08. The van der Waals surface area contributed by atoms with Crippen LogP contribution in [0.25, 0.3) is 10.9 Å². The Morgan fingerprint density at radius 3 is 2.55 bits per heavy atom. The molecule has 1 heterocycles. The summed E-state index contributed by atoms with van der Waals surface area (Å²) in [7, 11) is -3.34. The van der Waals surface area contributed by atoms with Gasteiger partial charge in [-0.15, -0.1) is 0 Å². The molecule has 0 aliphatic carbocycles. The predicted octanol–water partition coefficient (Wildman–Crippen LogP) is 3.79. The first-order chi connectivity index (χ1) is 10.4. The number of fused-ring (bicyclic) bond motifs is 1. The molecule has 0 saturated heterocycles. The SMILES string of the molecule is CS(=O)(=O)n1ccc2cc(Br)c(OCc3ccccc3)cc21. The van der Waals surface area contributed by atoms with Crippen molar-refractivity contribution in [2.75, 3.05) is 6.26 Å². The second kappa shape index (κ2) is 5.78. The molecule has 22 heavy (non-hydrogen) atoms. The molecule has 0 bridgehead atoms. The smallest absolute Gasteiger partial charge is 0.236 e. The summed E-state index contributed by atoms with van der Waals surface area (Å²) in [5, 5.41) is 0.837. The second-order valence-electron chi connectivity index (χ2n) is 4.99. The first-order valence-corrected chi connectivity index (χ1v) is 9.27. The van der Waals surface area contributed by atoms with Gasteiger partial charge < -0.3 is 4.74 Å². The van der Waals surface area contributed by atoms with Crippen molar-refractivity contribution in [3.8, 4) is 5.75 Å². The van der Waals surface area contributed by atoms with Crippen LogP contribution in [-0.2, 0) is 16.6 Å². The van der Waals surface area contributed by atoms with Crippen molar-refractivity contribution in [2.45, 2.75) is 6.61 Å². The van der Waals surface area contributed by atoms with E-state index >= 15 is 0 Å². The Labute approximate surface area is 137 Å². The Balaban J connectivity index is 1.97. The highest BCUT2D eigenvalue weighted by Crippen LogP contribution is 2.32. The standard InChI is InChI=1S/C16H14BrNO3S/c1-22(19,20)18-8-7-13-9-14(17)16(10-15(13)18)21-11-12-5-3-2-4-6-12/h2-10H,11H2,1H3. The zero-order chi connectivity index (χ0) is 15.7. The maximum Gasteiger partial charge on any atom is 0.236 e. The molecular weight excluding hydrogens is 366 g/mol. The molecule has 0 aliphatic rings. The molecular formula is C16H14BrNO3S. The molecule has 2 aromatic carbocycles. The van der Waals surface area contributed by atoms with Crippen LogP contribution in [0.15, 0.2) is 59.2 Å². The van der Waals surface area contributed by atoms with Crippen molar-refractivity contribution in [1.29, 1.82) is 0 Å². The molecule has 0 atom stereocenters. The molecule has 3 rings (SSSR count). The molecule has 0 spiro atoms. The summed E-state index contributed by atoms with van der Waals surface area (Å²) in [6.45, 7) is 0.421. The van der Waals surface area contributed by atoms with E-state index in [2.05, 4.69) is 15.9 Å². The number of nitrogens with zero attached hydrogens (tertiary/aromatic N) is 1. The van der Waals surface area contributed by atoms with Gasteiger partial charge in [0.1, 0.15) is 12.4 Å². The summed E-state index contributed by atoms with van der Waals surface area (Å²) in [5.41, 5.74) is 1.65. The van der Waals surface area contributed by atoms with Gasteiger partial charge in [0.05, 0.1) is 16.2 Å². The van der Waals surface area contributed by atoms with Crippen LogP contribution in [0.1, 0.15) is 5.56 Å². The number of hydrogen-bond acceptors (Lipinski definition) is 3. The van der Waals surface area contributed by atoms with Gasteiger partial charge in [0, 0.05) is 17.6 Å². The van der Waals surface area contributed by atoms with Crippen LogP contribution < -0.4 is 4.74 Å². The number of halogens is 1. The van der Waals surface area contributed by atoms with Crippen LogP contribution in [-0.4, -0.2) is 18.6 Å². The fourth-order valence-electron chi connectivity index (χ4n) is 2.25. The molecule has 0 amide bonds. The number of aromatic nitrogens is 1. The fraction of sp³-hybridized carbons (Fsp3) is 0.125. The van der Waals surface area contributed by atoms with Gasteiger partial charge in [0.25, 0.3) is 0 Å². The van der Waals surface area contributed by atoms with Gasteiger partial charge in [-0.3, -0.25) is 0 Å². The lowest BCUT2D eigenvalue weighted by atomic mass is 10.2. The van der Waals surface area contributed by atoms with Crippen LogP contribution in [0.3, 0.4) is 0 Å². The molecule has 4 nitrogen and oxygen atoms in total. The van der Waals surface area contributed by atoms with E-state index in [1.54, 1.807) is 18.3 Å². The Bertz CT molecular complexity index is 917. The third kappa shape index (κ3) is 3.03. The quantitative estimate of drug-likeness (QED) is 0.692. The Morgan fingerprint density at radius 2 is 1.86 bits per heavy atom. The average Bonchev–Trinajstić information content (AvgIpc) is 2.88. The topological polar surface area (TPSA) is 48.3 Å². The zero-order valence-electron chi connectivity index (χ0n) is 11.9. The van der Waals surface area contributed by atoms with Crippen LogP contribution in [0, 0.1) is 0 Å². The van der Waals surface area contributed by atoms with Gasteiger partial charge in [-0.05, 0) is 33.6 Å². The van der Waals surface area contributed by atoms with Gasteiger partial charge in [-0.2, -0.15) is 0 Å². The van der Waals surface area contributed by atoms with Crippen molar-refractivity contribution in [1.82, 2.24) is 3.97 Å². The lowest BCUT2D eigenvalue weighted by molar-refractivity contribution is 0.304. The number of benzene rings is 2. The molecule has 6 heteroatoms. The Hall–Kier alpha value is -1.79. The largest absolute Gasteiger partial charge is 0.488 e. The maximum atomic E-state index is 11.8. The van der Waals surface area contributed by atoms with Crippen molar-refractivity contribution in [3.63, 3.8) is 0 Å². The minimum atomic E-state index is -3.34. The van der Waals surface area contributed by atoms with E-state index in [9.17, 15) is 8.42 Å². The van der Waals surface area contributed by atoms with Gasteiger partial charge in [0.15, 0.2) is 0 Å². The van der Waals surface area contributed by atoms with E-state index in [-0.39, 0.29) is 0 Å². The molecule has 0 N–H and O–H groups in total. The minimum absolute atomic E-state index is 0.421. The van der Waals surface area contributed by atoms with E-state index in [0.29, 0.717) is 17.9 Å². The summed E-state index contributed by atoms with van der Waals surface area (Å²) < 4.78 is 31.4. The second-order valence-corrected chi connectivity index (χ2v) is 7.70. The summed E-state index contributed by atoms with van der Waals surface area (Å²) in [6.07, 6.45) is 2.73. The minimum Gasteiger partial charge on any atom is -0.488 e. The average molecular weight is 380 g/mol. The third-order valence-electron chi connectivity index (χ3n) is 3.30. The highest BCUT2D eigenvalue weighted by Gasteiger charge is 2.13. The predicted molar refractivity (Wildman–Crippen MR) is 90.7 cm³/mol. The van der Waals surface area contributed by atoms with Crippen molar-refractivity contribution in [2.24, 2.45) is 0 Å². The first-order valence-electron chi connectivity index (χ1n) is 6.63. The maximum absolute atomic E-state index is 11.8. The number of rotatable bonds is 4. The number of hydrogen-bond donors (Lipinski definition) is 0. The lowest BCUT2D eigenvalue weighted by Gasteiger charge is -2.10. The van der Waals surface area contributed by atoms with E-state index in [0.717, 1.165) is 15.4 Å².